The molecule has 0 aliphatic rings. The molecular weight excluding hydrogens is 361 g/mol. The van der Waals surface area contributed by atoms with Crippen molar-refractivity contribution in [3.63, 3.8) is 0 Å². The van der Waals surface area contributed by atoms with Crippen LogP contribution in [0, 0.1) is 11.2 Å². The number of ether oxygens (including phenoxy) is 1. The molecule has 1 N–H and O–H groups in total. The van der Waals surface area contributed by atoms with Gasteiger partial charge in [0.05, 0.1) is 6.61 Å². The van der Waals surface area contributed by atoms with Crippen molar-refractivity contribution in [2.75, 3.05) is 6.61 Å². The van der Waals surface area contributed by atoms with Gasteiger partial charge in [0.15, 0.2) is 0 Å². The van der Waals surface area contributed by atoms with E-state index in [1.165, 1.54) is 8.93 Å². The summed E-state index contributed by atoms with van der Waals surface area (Å²) in [5, 5.41) is 3.89. The number of rotatable bonds is 2. The van der Waals surface area contributed by atoms with Crippen LogP contribution in [0.1, 0.15) is 23.0 Å². The zero-order valence-electron chi connectivity index (χ0n) is 9.62. The van der Waals surface area contributed by atoms with Crippen LogP contribution in [0.5, 0.6) is 0 Å². The summed E-state index contributed by atoms with van der Waals surface area (Å²) < 4.78 is 4.95. The Morgan fingerprint density at radius 2 is 2.33 bits per heavy atom. The van der Waals surface area contributed by atoms with Crippen LogP contribution >= 0.6 is 30.1 Å². The summed E-state index contributed by atoms with van der Waals surface area (Å²) in [6.45, 7) is 2.16. The van der Waals surface area contributed by atoms with Crippen LogP contribution < -0.4 is 0 Å². The number of fused-ring (bicyclic) bond motifs is 1. The number of hydrogen-bond acceptors (Lipinski definition) is 3. The second-order valence-electron chi connectivity index (χ2n) is 3.51. The number of H-pyrrole nitrogens is 1. The van der Waals surface area contributed by atoms with Gasteiger partial charge in [0.1, 0.15) is 5.69 Å². The van der Waals surface area contributed by atoms with Crippen molar-refractivity contribution in [3.05, 3.63) is 35.5 Å². The number of aromatic amines is 1. The standard InChI is InChI=1S/C13H10INO2S/c1-2-17-13(16)12-8-10-7-9(5-6-18-14)3-4-11(10)15-12/h3-4,7-8,15H,2H2,1H3. The molecule has 0 atom stereocenters. The molecule has 0 saturated carbocycles. The number of esters is 1. The highest BCUT2D eigenvalue weighted by Crippen LogP contribution is 2.18. The van der Waals surface area contributed by atoms with Gasteiger partial charge in [-0.05, 0) is 45.4 Å². The van der Waals surface area contributed by atoms with E-state index >= 15 is 0 Å². The normalized spacial score (nSPS) is 9.89. The minimum Gasteiger partial charge on any atom is -0.461 e. The van der Waals surface area contributed by atoms with Crippen LogP contribution in [0.3, 0.4) is 0 Å². The van der Waals surface area contributed by atoms with Gasteiger partial charge in [-0.3, -0.25) is 0 Å². The summed E-state index contributed by atoms with van der Waals surface area (Å²) in [7, 11) is 1.45. The molecule has 1 aromatic carbocycles. The highest BCUT2D eigenvalue weighted by Gasteiger charge is 2.09. The third-order valence-electron chi connectivity index (χ3n) is 2.35. The fourth-order valence-electron chi connectivity index (χ4n) is 1.61. The van der Waals surface area contributed by atoms with Crippen LogP contribution in [0.15, 0.2) is 24.3 Å². The molecule has 2 rings (SSSR count). The van der Waals surface area contributed by atoms with E-state index < -0.39 is 0 Å². The van der Waals surface area contributed by atoms with Crippen LogP contribution in [-0.4, -0.2) is 17.6 Å². The van der Waals surface area contributed by atoms with Crippen LogP contribution in [-0.2, 0) is 4.74 Å². The minimum atomic E-state index is -0.329. The zero-order valence-corrected chi connectivity index (χ0v) is 12.6. The maximum Gasteiger partial charge on any atom is 0.354 e. The van der Waals surface area contributed by atoms with Gasteiger partial charge in [0.25, 0.3) is 0 Å². The predicted molar refractivity (Wildman–Crippen MR) is 82.7 cm³/mol. The molecule has 0 bridgehead atoms. The first-order valence-electron chi connectivity index (χ1n) is 5.33. The Labute approximate surface area is 121 Å². The maximum absolute atomic E-state index is 11.6. The van der Waals surface area contributed by atoms with E-state index in [0.717, 1.165) is 16.5 Å². The first-order valence-corrected chi connectivity index (χ1v) is 8.69. The molecule has 0 aliphatic carbocycles. The van der Waals surface area contributed by atoms with Gasteiger partial charge in [-0.25, -0.2) is 4.79 Å². The van der Waals surface area contributed by atoms with Crippen molar-refractivity contribution in [2.24, 2.45) is 0 Å². The molecule has 0 amide bonds. The smallest absolute Gasteiger partial charge is 0.354 e. The zero-order chi connectivity index (χ0) is 13.0. The summed E-state index contributed by atoms with van der Waals surface area (Å²) >= 11 is 2.13. The molecular formula is C13H10INO2S. The lowest BCUT2D eigenvalue weighted by Gasteiger charge is -1.96. The fourth-order valence-corrected chi connectivity index (χ4v) is 2.09. The number of nitrogens with one attached hydrogen (secondary N) is 1. The number of aromatic nitrogens is 1. The van der Waals surface area contributed by atoms with E-state index in [1.807, 2.05) is 18.2 Å². The summed E-state index contributed by atoms with van der Waals surface area (Å²) in [5.41, 5.74) is 2.31. The molecule has 1 heterocycles. The maximum atomic E-state index is 11.6. The van der Waals surface area contributed by atoms with Gasteiger partial charge in [0.2, 0.25) is 0 Å². The highest BCUT2D eigenvalue weighted by molar-refractivity contribution is 14.2. The van der Waals surface area contributed by atoms with Crippen LogP contribution in [0.2, 0.25) is 0 Å². The monoisotopic (exact) mass is 371 g/mol. The van der Waals surface area contributed by atoms with Gasteiger partial charge in [-0.15, -0.1) is 0 Å². The second kappa shape index (κ2) is 6.16. The van der Waals surface area contributed by atoms with Gasteiger partial charge in [-0.2, -0.15) is 0 Å². The Hall–Kier alpha value is -1.13. The van der Waals surface area contributed by atoms with Crippen LogP contribution in [0.25, 0.3) is 10.9 Å². The van der Waals surface area contributed by atoms with Gasteiger partial charge >= 0.3 is 5.97 Å². The molecule has 0 fully saturated rings. The quantitative estimate of drug-likeness (QED) is 0.497. The van der Waals surface area contributed by atoms with Gasteiger partial charge in [-0.1, -0.05) is 5.92 Å². The lowest BCUT2D eigenvalue weighted by Crippen LogP contribution is -2.04. The lowest BCUT2D eigenvalue weighted by atomic mass is 10.2. The molecule has 0 aliphatic heterocycles. The summed E-state index contributed by atoms with van der Waals surface area (Å²) in [6, 6.07) is 7.58. The Bertz CT molecular complexity index is 639. The average molecular weight is 371 g/mol. The topological polar surface area (TPSA) is 42.1 Å². The second-order valence-corrected chi connectivity index (χ2v) is 5.19. The Morgan fingerprint density at radius 3 is 3.06 bits per heavy atom. The van der Waals surface area contributed by atoms with E-state index in [1.54, 1.807) is 13.0 Å². The SMILES string of the molecule is CCOC(=O)c1cc2cc(C#CSI)ccc2[nH]1. The van der Waals surface area contributed by atoms with E-state index in [-0.39, 0.29) is 5.97 Å². The van der Waals surface area contributed by atoms with E-state index in [2.05, 4.69) is 37.4 Å². The number of halogens is 1. The summed E-state index contributed by atoms with van der Waals surface area (Å²) in [5.74, 6) is 2.70. The van der Waals surface area contributed by atoms with Crippen molar-refractivity contribution in [1.29, 1.82) is 0 Å². The summed E-state index contributed by atoms with van der Waals surface area (Å²) in [6.07, 6.45) is 0. The third-order valence-corrected chi connectivity index (χ3v) is 3.19. The average Bonchev–Trinajstić information content (AvgIpc) is 2.79. The first-order chi connectivity index (χ1) is 8.74. The molecule has 5 heteroatoms. The summed E-state index contributed by atoms with van der Waals surface area (Å²) in [4.78, 5) is 14.6. The Morgan fingerprint density at radius 1 is 1.50 bits per heavy atom. The van der Waals surface area contributed by atoms with Gasteiger partial charge in [0, 0.05) is 37.7 Å². The predicted octanol–water partition coefficient (Wildman–Crippen LogP) is 3.74. The molecule has 92 valence electrons. The van der Waals surface area contributed by atoms with Crippen molar-refractivity contribution in [1.82, 2.24) is 4.98 Å². The molecule has 18 heavy (non-hydrogen) atoms. The van der Waals surface area contributed by atoms with Gasteiger partial charge < -0.3 is 9.72 Å². The highest BCUT2D eigenvalue weighted by atomic mass is 127. The Kier molecular flexibility index (Phi) is 4.55. The van der Waals surface area contributed by atoms with Crippen LogP contribution in [0.4, 0.5) is 0 Å². The Balaban J connectivity index is 2.36. The van der Waals surface area contributed by atoms with Crippen molar-refractivity contribution in [3.8, 4) is 11.2 Å². The van der Waals surface area contributed by atoms with Crippen molar-refractivity contribution < 1.29 is 9.53 Å². The van der Waals surface area contributed by atoms with Crippen molar-refractivity contribution in [2.45, 2.75) is 6.92 Å². The first kappa shape index (κ1) is 13.3. The third kappa shape index (κ3) is 3.00. The molecule has 3 nitrogen and oxygen atoms in total. The molecule has 0 saturated heterocycles. The fraction of sp³-hybridized carbons (Fsp3) is 0.154. The molecule has 0 unspecified atom stereocenters. The largest absolute Gasteiger partial charge is 0.461 e. The number of hydrogen-bond donors (Lipinski definition) is 1. The molecule has 0 spiro atoms. The van der Waals surface area contributed by atoms with Crippen molar-refractivity contribution >= 4 is 47.0 Å². The lowest BCUT2D eigenvalue weighted by molar-refractivity contribution is 0.0520. The molecule has 1 aromatic heterocycles. The van der Waals surface area contributed by atoms with E-state index in [9.17, 15) is 4.79 Å². The minimum absolute atomic E-state index is 0.329. The van der Waals surface area contributed by atoms with E-state index in [4.69, 9.17) is 4.74 Å². The number of benzene rings is 1. The molecule has 2 aromatic rings. The van der Waals surface area contributed by atoms with E-state index in [0.29, 0.717) is 12.3 Å². The number of carbonyl (C=O) groups is 1. The molecule has 0 radical (unpaired) electrons. The number of carbonyl (C=O) groups excluding carboxylic acids is 1.